The number of nitrogens with one attached hydrogen (secondary N) is 1. The van der Waals surface area contributed by atoms with Crippen molar-refractivity contribution in [1.29, 1.82) is 0 Å². The molecule has 4 rings (SSSR count). The predicted octanol–water partition coefficient (Wildman–Crippen LogP) is 2.50. The maximum absolute atomic E-state index is 12.6. The lowest BCUT2D eigenvalue weighted by Crippen LogP contribution is -2.43. The molecule has 3 aromatic rings. The summed E-state index contributed by atoms with van der Waals surface area (Å²) in [6.07, 6.45) is 4.18. The van der Waals surface area contributed by atoms with Gasteiger partial charge in [-0.05, 0) is 31.7 Å². The second-order valence-corrected chi connectivity index (χ2v) is 6.96. The lowest BCUT2D eigenvalue weighted by Gasteiger charge is -2.33. The molecule has 3 heterocycles. The maximum atomic E-state index is 12.6. The number of benzene rings is 1. The Labute approximate surface area is 157 Å². The molecule has 1 unspecified atom stereocenters. The third kappa shape index (κ3) is 3.77. The fraction of sp³-hybridized carbons (Fsp3) is 0.400. The van der Waals surface area contributed by atoms with E-state index < -0.39 is 0 Å². The molecule has 0 spiro atoms. The Morgan fingerprint density at radius 3 is 3.00 bits per heavy atom. The molecular weight excluding hydrogens is 342 g/mol. The summed E-state index contributed by atoms with van der Waals surface area (Å²) < 4.78 is 5.24. The number of rotatable bonds is 5. The van der Waals surface area contributed by atoms with Crippen molar-refractivity contribution in [1.82, 2.24) is 20.4 Å². The van der Waals surface area contributed by atoms with Crippen molar-refractivity contribution in [3.63, 3.8) is 0 Å². The summed E-state index contributed by atoms with van der Waals surface area (Å²) in [6.45, 7) is 4.05. The van der Waals surface area contributed by atoms with Crippen molar-refractivity contribution in [2.45, 2.75) is 26.2 Å². The minimum absolute atomic E-state index is 0.0419. The summed E-state index contributed by atoms with van der Waals surface area (Å²) in [5, 5.41) is 7.91. The van der Waals surface area contributed by atoms with Crippen molar-refractivity contribution >= 4 is 22.8 Å². The maximum Gasteiger partial charge on any atom is 0.263 e. The fourth-order valence-corrected chi connectivity index (χ4v) is 3.65. The normalized spacial score (nSPS) is 17.2. The molecule has 1 saturated heterocycles. The molecule has 1 aliphatic rings. The van der Waals surface area contributed by atoms with Crippen molar-refractivity contribution < 1.29 is 9.32 Å². The molecule has 140 valence electrons. The van der Waals surface area contributed by atoms with Crippen LogP contribution in [-0.4, -0.2) is 40.7 Å². The van der Waals surface area contributed by atoms with E-state index >= 15 is 0 Å². The number of anilines is 1. The van der Waals surface area contributed by atoms with Gasteiger partial charge in [-0.1, -0.05) is 35.5 Å². The van der Waals surface area contributed by atoms with Gasteiger partial charge in [0, 0.05) is 19.6 Å². The molecule has 1 atom stereocenters. The van der Waals surface area contributed by atoms with Crippen LogP contribution in [0, 0.1) is 12.8 Å². The number of piperidine rings is 1. The molecule has 1 aromatic carbocycles. The number of hydrogen-bond acceptors (Lipinski definition) is 6. The quantitative estimate of drug-likeness (QED) is 0.748. The number of carbonyl (C=O) groups is 1. The molecule has 7 nitrogen and oxygen atoms in total. The number of aromatic nitrogens is 3. The van der Waals surface area contributed by atoms with E-state index in [1.165, 1.54) is 11.9 Å². The van der Waals surface area contributed by atoms with Gasteiger partial charge < -0.3 is 14.7 Å². The van der Waals surface area contributed by atoms with Crippen LogP contribution >= 0.6 is 0 Å². The van der Waals surface area contributed by atoms with Gasteiger partial charge in [0.1, 0.15) is 17.5 Å². The van der Waals surface area contributed by atoms with Gasteiger partial charge >= 0.3 is 0 Å². The molecule has 7 heteroatoms. The second-order valence-electron chi connectivity index (χ2n) is 6.96. The first kappa shape index (κ1) is 17.5. The van der Waals surface area contributed by atoms with Gasteiger partial charge in [0.05, 0.1) is 11.6 Å². The monoisotopic (exact) mass is 365 g/mol. The van der Waals surface area contributed by atoms with Gasteiger partial charge in [-0.3, -0.25) is 4.79 Å². The summed E-state index contributed by atoms with van der Waals surface area (Å²) in [5.41, 5.74) is 2.50. The van der Waals surface area contributed by atoms with Crippen LogP contribution in [-0.2, 0) is 11.2 Å². The van der Waals surface area contributed by atoms with Gasteiger partial charge in [-0.15, -0.1) is 0 Å². The smallest absolute Gasteiger partial charge is 0.263 e. The van der Waals surface area contributed by atoms with Gasteiger partial charge in [0.2, 0.25) is 5.91 Å². The molecule has 1 aliphatic heterocycles. The van der Waals surface area contributed by atoms with Crippen molar-refractivity contribution in [3.05, 3.63) is 47.9 Å². The van der Waals surface area contributed by atoms with Gasteiger partial charge in [-0.2, -0.15) is 4.98 Å². The van der Waals surface area contributed by atoms with Crippen LogP contribution in [0.1, 0.15) is 24.1 Å². The Morgan fingerprint density at radius 1 is 1.30 bits per heavy atom. The van der Waals surface area contributed by atoms with E-state index in [4.69, 9.17) is 4.52 Å². The molecular formula is C20H23N5O2. The molecule has 1 fully saturated rings. The van der Waals surface area contributed by atoms with E-state index in [9.17, 15) is 4.79 Å². The first-order valence-electron chi connectivity index (χ1n) is 9.36. The lowest BCUT2D eigenvalue weighted by atomic mass is 9.96. The van der Waals surface area contributed by atoms with Gasteiger partial charge in [0.25, 0.3) is 5.71 Å². The standard InChI is InChI=1S/C20H23N5O2/c1-14-17-18(22-13-23-20(17)27-24-14)25-11-5-8-16(12-25)19(26)21-10-9-15-6-3-2-4-7-15/h2-4,6-7,13,16H,5,8-12H2,1H3,(H,21,26). The van der Waals surface area contributed by atoms with Crippen LogP contribution in [0.5, 0.6) is 0 Å². The Hall–Kier alpha value is -2.96. The van der Waals surface area contributed by atoms with Crippen molar-refractivity contribution in [2.24, 2.45) is 5.92 Å². The fourth-order valence-electron chi connectivity index (χ4n) is 3.65. The zero-order valence-electron chi connectivity index (χ0n) is 15.4. The van der Waals surface area contributed by atoms with Crippen molar-refractivity contribution in [2.75, 3.05) is 24.5 Å². The van der Waals surface area contributed by atoms with E-state index in [1.807, 2.05) is 25.1 Å². The Bertz CT molecular complexity index is 925. The van der Waals surface area contributed by atoms with Crippen LogP contribution in [0.3, 0.4) is 0 Å². The van der Waals surface area contributed by atoms with Crippen LogP contribution < -0.4 is 10.2 Å². The molecule has 2 aromatic heterocycles. The highest BCUT2D eigenvalue weighted by molar-refractivity contribution is 5.88. The summed E-state index contributed by atoms with van der Waals surface area (Å²) >= 11 is 0. The van der Waals surface area contributed by atoms with E-state index in [2.05, 4.69) is 37.5 Å². The molecule has 27 heavy (non-hydrogen) atoms. The highest BCUT2D eigenvalue weighted by Crippen LogP contribution is 2.29. The Kier molecular flexibility index (Phi) is 5.00. The SMILES string of the molecule is Cc1noc2ncnc(N3CCCC(C(=O)NCCc4ccccc4)C3)c12. The number of hydrogen-bond donors (Lipinski definition) is 1. The third-order valence-corrected chi connectivity index (χ3v) is 5.07. The van der Waals surface area contributed by atoms with Gasteiger partial charge in [-0.25, -0.2) is 4.98 Å². The van der Waals surface area contributed by atoms with Crippen LogP contribution in [0.4, 0.5) is 5.82 Å². The molecule has 1 amide bonds. The highest BCUT2D eigenvalue weighted by Gasteiger charge is 2.28. The zero-order chi connectivity index (χ0) is 18.6. The molecule has 1 N–H and O–H groups in total. The number of aryl methyl sites for hydroxylation is 1. The summed E-state index contributed by atoms with van der Waals surface area (Å²) in [7, 11) is 0. The number of amides is 1. The number of nitrogens with zero attached hydrogens (tertiary/aromatic N) is 4. The first-order chi connectivity index (χ1) is 13.2. The predicted molar refractivity (Wildman–Crippen MR) is 102 cm³/mol. The molecule has 0 bridgehead atoms. The summed E-state index contributed by atoms with van der Waals surface area (Å²) in [5.74, 6) is 0.878. The largest absolute Gasteiger partial charge is 0.355 e. The topological polar surface area (TPSA) is 84.2 Å². The number of carbonyl (C=O) groups excluding carboxylic acids is 1. The number of fused-ring (bicyclic) bond motifs is 1. The molecule has 0 aliphatic carbocycles. The Morgan fingerprint density at radius 2 is 2.15 bits per heavy atom. The summed E-state index contributed by atoms with van der Waals surface area (Å²) in [6, 6.07) is 10.2. The van der Waals surface area contributed by atoms with E-state index in [1.54, 1.807) is 0 Å². The highest BCUT2D eigenvalue weighted by atomic mass is 16.5. The van der Waals surface area contributed by atoms with E-state index in [0.29, 0.717) is 18.8 Å². The Balaban J connectivity index is 1.40. The molecule has 0 saturated carbocycles. The lowest BCUT2D eigenvalue weighted by molar-refractivity contribution is -0.125. The van der Waals surface area contributed by atoms with E-state index in [-0.39, 0.29) is 11.8 Å². The second kappa shape index (κ2) is 7.73. The summed E-state index contributed by atoms with van der Waals surface area (Å²) in [4.78, 5) is 23.4. The average Bonchev–Trinajstić information content (AvgIpc) is 3.10. The minimum atomic E-state index is -0.0419. The van der Waals surface area contributed by atoms with Crippen LogP contribution in [0.2, 0.25) is 0 Å². The van der Waals surface area contributed by atoms with E-state index in [0.717, 1.165) is 42.7 Å². The zero-order valence-corrected chi connectivity index (χ0v) is 15.4. The van der Waals surface area contributed by atoms with Gasteiger partial charge in [0.15, 0.2) is 0 Å². The van der Waals surface area contributed by atoms with Crippen LogP contribution in [0.15, 0.2) is 41.2 Å². The van der Waals surface area contributed by atoms with Crippen LogP contribution in [0.25, 0.3) is 11.1 Å². The average molecular weight is 365 g/mol. The first-order valence-corrected chi connectivity index (χ1v) is 9.36. The van der Waals surface area contributed by atoms with Crippen molar-refractivity contribution in [3.8, 4) is 0 Å². The minimum Gasteiger partial charge on any atom is -0.355 e. The molecule has 0 radical (unpaired) electrons. The third-order valence-electron chi connectivity index (χ3n) is 5.07.